The maximum absolute atomic E-state index is 3.40. The standard InChI is InChI=1S/C17H21N/c1-2-12-18-13-6-5-7-15-10-11-16-8-3-4-9-17(16)14-15/h3-5,7-11,14,18H,2,6,12-13H2,1H3. The third kappa shape index (κ3) is 3.71. The van der Waals surface area contributed by atoms with Gasteiger partial charge in [0, 0.05) is 0 Å². The van der Waals surface area contributed by atoms with Crippen molar-refractivity contribution in [2.75, 3.05) is 13.1 Å². The summed E-state index contributed by atoms with van der Waals surface area (Å²) in [5.41, 5.74) is 1.28. The Balaban J connectivity index is 1.93. The highest BCUT2D eigenvalue weighted by Gasteiger charge is 1.92. The van der Waals surface area contributed by atoms with Crippen LogP contribution in [0.5, 0.6) is 0 Å². The van der Waals surface area contributed by atoms with Gasteiger partial charge in [0.2, 0.25) is 0 Å². The van der Waals surface area contributed by atoms with Gasteiger partial charge in [-0.1, -0.05) is 55.5 Å². The highest BCUT2D eigenvalue weighted by atomic mass is 14.8. The van der Waals surface area contributed by atoms with E-state index in [1.54, 1.807) is 0 Å². The molecule has 1 heteroatoms. The Morgan fingerprint density at radius 3 is 2.67 bits per heavy atom. The SMILES string of the molecule is CCCNCCC=Cc1ccc2ccccc2c1. The molecule has 0 amide bonds. The molecule has 1 nitrogen and oxygen atoms in total. The molecular weight excluding hydrogens is 218 g/mol. The van der Waals surface area contributed by atoms with Crippen molar-refractivity contribution in [3.63, 3.8) is 0 Å². The first-order valence-electron chi connectivity index (χ1n) is 6.76. The fraction of sp³-hybridized carbons (Fsp3) is 0.294. The molecule has 0 aliphatic heterocycles. The van der Waals surface area contributed by atoms with Gasteiger partial charge in [0.1, 0.15) is 0 Å². The third-order valence-corrected chi connectivity index (χ3v) is 3.00. The number of benzene rings is 2. The average molecular weight is 239 g/mol. The molecular formula is C17H21N. The Morgan fingerprint density at radius 1 is 1.00 bits per heavy atom. The van der Waals surface area contributed by atoms with Gasteiger partial charge in [0.15, 0.2) is 0 Å². The zero-order valence-corrected chi connectivity index (χ0v) is 11.0. The van der Waals surface area contributed by atoms with E-state index in [2.05, 4.69) is 66.9 Å². The van der Waals surface area contributed by atoms with Crippen molar-refractivity contribution < 1.29 is 0 Å². The smallest absolute Gasteiger partial charge is 0.00142 e. The van der Waals surface area contributed by atoms with Crippen LogP contribution in [0, 0.1) is 0 Å². The van der Waals surface area contributed by atoms with E-state index >= 15 is 0 Å². The van der Waals surface area contributed by atoms with Gasteiger partial charge in [-0.15, -0.1) is 0 Å². The average Bonchev–Trinajstić information content (AvgIpc) is 2.42. The number of fused-ring (bicyclic) bond motifs is 1. The molecule has 0 aromatic heterocycles. The molecule has 0 spiro atoms. The third-order valence-electron chi connectivity index (χ3n) is 3.00. The van der Waals surface area contributed by atoms with Crippen molar-refractivity contribution in [2.45, 2.75) is 19.8 Å². The predicted molar refractivity (Wildman–Crippen MR) is 80.8 cm³/mol. The number of rotatable bonds is 6. The highest BCUT2D eigenvalue weighted by Crippen LogP contribution is 2.16. The molecule has 0 aliphatic rings. The van der Waals surface area contributed by atoms with Crippen molar-refractivity contribution in [3.05, 3.63) is 54.1 Å². The molecule has 18 heavy (non-hydrogen) atoms. The molecule has 1 N–H and O–H groups in total. The molecule has 0 atom stereocenters. The summed E-state index contributed by atoms with van der Waals surface area (Å²) in [4.78, 5) is 0. The molecule has 2 aromatic carbocycles. The minimum absolute atomic E-state index is 1.07. The molecule has 0 heterocycles. The van der Waals surface area contributed by atoms with Gasteiger partial charge in [-0.25, -0.2) is 0 Å². The molecule has 94 valence electrons. The second-order valence-corrected chi connectivity index (χ2v) is 4.55. The summed E-state index contributed by atoms with van der Waals surface area (Å²) in [5, 5.41) is 6.01. The van der Waals surface area contributed by atoms with Crippen molar-refractivity contribution in [2.24, 2.45) is 0 Å². The lowest BCUT2D eigenvalue weighted by Crippen LogP contribution is -2.14. The van der Waals surface area contributed by atoms with Crippen molar-refractivity contribution in [3.8, 4) is 0 Å². The van der Waals surface area contributed by atoms with Crippen molar-refractivity contribution >= 4 is 16.8 Å². The number of hydrogen-bond donors (Lipinski definition) is 1. The molecule has 0 unspecified atom stereocenters. The summed E-state index contributed by atoms with van der Waals surface area (Å²) in [6.45, 7) is 4.37. The fourth-order valence-corrected chi connectivity index (χ4v) is 2.02. The molecule has 0 bridgehead atoms. The maximum Gasteiger partial charge on any atom is -0.00142 e. The van der Waals surface area contributed by atoms with E-state index in [0.29, 0.717) is 0 Å². The summed E-state index contributed by atoms with van der Waals surface area (Å²) in [6.07, 6.45) is 6.74. The first kappa shape index (κ1) is 12.8. The molecule has 0 saturated carbocycles. The van der Waals surface area contributed by atoms with Gasteiger partial charge >= 0.3 is 0 Å². The Kier molecular flexibility index (Phi) is 4.98. The van der Waals surface area contributed by atoms with Gasteiger partial charge in [0.05, 0.1) is 0 Å². The van der Waals surface area contributed by atoms with E-state index in [1.165, 1.54) is 22.8 Å². The lowest BCUT2D eigenvalue weighted by molar-refractivity contribution is 0.679. The molecule has 0 aliphatic carbocycles. The normalized spacial score (nSPS) is 11.4. The maximum atomic E-state index is 3.40. The van der Waals surface area contributed by atoms with Gasteiger partial charge in [-0.2, -0.15) is 0 Å². The summed E-state index contributed by atoms with van der Waals surface area (Å²) in [7, 11) is 0. The molecule has 0 saturated heterocycles. The van der Waals surface area contributed by atoms with Gasteiger partial charge < -0.3 is 5.32 Å². The van der Waals surface area contributed by atoms with Gasteiger partial charge in [0.25, 0.3) is 0 Å². The zero-order valence-electron chi connectivity index (χ0n) is 11.0. The van der Waals surface area contributed by atoms with Crippen molar-refractivity contribution in [1.29, 1.82) is 0 Å². The fourth-order valence-electron chi connectivity index (χ4n) is 2.02. The molecule has 2 aromatic rings. The molecule has 2 rings (SSSR count). The van der Waals surface area contributed by atoms with Crippen LogP contribution in [-0.4, -0.2) is 13.1 Å². The Labute approximate surface area is 110 Å². The number of nitrogens with one attached hydrogen (secondary N) is 1. The second-order valence-electron chi connectivity index (χ2n) is 4.55. The topological polar surface area (TPSA) is 12.0 Å². The van der Waals surface area contributed by atoms with E-state index in [1.807, 2.05) is 0 Å². The highest BCUT2D eigenvalue weighted by molar-refractivity contribution is 5.84. The molecule has 0 fully saturated rings. The van der Waals surface area contributed by atoms with E-state index < -0.39 is 0 Å². The Bertz CT molecular complexity index is 514. The first-order valence-corrected chi connectivity index (χ1v) is 6.76. The predicted octanol–water partition coefficient (Wildman–Crippen LogP) is 4.24. The minimum Gasteiger partial charge on any atom is -0.316 e. The van der Waals surface area contributed by atoms with Crippen LogP contribution >= 0.6 is 0 Å². The van der Waals surface area contributed by atoms with Crippen LogP contribution in [0.4, 0.5) is 0 Å². The van der Waals surface area contributed by atoms with E-state index in [4.69, 9.17) is 0 Å². The van der Waals surface area contributed by atoms with Crippen LogP contribution < -0.4 is 5.32 Å². The Hall–Kier alpha value is -1.60. The quantitative estimate of drug-likeness (QED) is 0.743. The van der Waals surface area contributed by atoms with Gasteiger partial charge in [-0.05, 0) is 48.3 Å². The largest absolute Gasteiger partial charge is 0.316 e. The second kappa shape index (κ2) is 6.97. The van der Waals surface area contributed by atoms with E-state index in [-0.39, 0.29) is 0 Å². The van der Waals surface area contributed by atoms with Gasteiger partial charge in [-0.3, -0.25) is 0 Å². The van der Waals surface area contributed by atoms with Crippen LogP contribution in [0.2, 0.25) is 0 Å². The molecule has 0 radical (unpaired) electrons. The van der Waals surface area contributed by atoms with E-state index in [0.717, 1.165) is 19.5 Å². The van der Waals surface area contributed by atoms with E-state index in [9.17, 15) is 0 Å². The lowest BCUT2D eigenvalue weighted by atomic mass is 10.1. The van der Waals surface area contributed by atoms with Crippen LogP contribution in [0.1, 0.15) is 25.3 Å². The first-order chi connectivity index (χ1) is 8.90. The summed E-state index contributed by atoms with van der Waals surface area (Å²) in [5.74, 6) is 0. The van der Waals surface area contributed by atoms with Crippen LogP contribution in [-0.2, 0) is 0 Å². The minimum atomic E-state index is 1.07. The summed E-state index contributed by atoms with van der Waals surface area (Å²) < 4.78 is 0. The number of hydrogen-bond acceptors (Lipinski definition) is 1. The lowest BCUT2D eigenvalue weighted by Gasteiger charge is -2.00. The van der Waals surface area contributed by atoms with Crippen molar-refractivity contribution in [1.82, 2.24) is 5.32 Å². The van der Waals surface area contributed by atoms with Crippen LogP contribution in [0.25, 0.3) is 16.8 Å². The Morgan fingerprint density at radius 2 is 1.83 bits per heavy atom. The zero-order chi connectivity index (χ0) is 12.6. The van der Waals surface area contributed by atoms with Crippen LogP contribution in [0.3, 0.4) is 0 Å². The summed E-state index contributed by atoms with van der Waals surface area (Å²) in [6, 6.07) is 15.1. The summed E-state index contributed by atoms with van der Waals surface area (Å²) >= 11 is 0. The van der Waals surface area contributed by atoms with Crippen LogP contribution in [0.15, 0.2) is 48.5 Å². The monoisotopic (exact) mass is 239 g/mol.